The second-order valence-electron chi connectivity index (χ2n) is 11.7. The van der Waals surface area contributed by atoms with Gasteiger partial charge in [0.05, 0.1) is 24.2 Å². The number of hydrazine groups is 1. The van der Waals surface area contributed by atoms with Gasteiger partial charge in [-0.05, 0) is 74.4 Å². The van der Waals surface area contributed by atoms with Crippen LogP contribution in [0.3, 0.4) is 0 Å². The Balaban J connectivity index is 0.000000468. The number of carbonyl (C=O) groups is 1. The first-order valence-corrected chi connectivity index (χ1v) is 15.2. The van der Waals surface area contributed by atoms with E-state index in [0.717, 1.165) is 28.3 Å². The Hall–Kier alpha value is -3.63. The molecule has 0 atom stereocenters. The number of aryl methyl sites for hydroxylation is 1. The molecule has 1 saturated carbocycles. The Bertz CT molecular complexity index is 1310. The zero-order valence-electron chi connectivity index (χ0n) is 26.6. The Labute approximate surface area is 256 Å². The minimum absolute atomic E-state index is 0.107. The number of methoxy groups -OCH3 is 1. The summed E-state index contributed by atoms with van der Waals surface area (Å²) in [5.41, 5.74) is 11.7. The Kier molecular flexibility index (Phi) is 12.4. The number of hydrogen-bond donors (Lipinski definition) is 5. The molecule has 9 nitrogen and oxygen atoms in total. The molecule has 0 heterocycles. The molecule has 7 N–H and O–H groups in total. The Morgan fingerprint density at radius 3 is 2.29 bits per heavy atom. The number of benzene rings is 2. The van der Waals surface area contributed by atoms with Crippen LogP contribution in [0.15, 0.2) is 54.5 Å². The highest BCUT2D eigenvalue weighted by Gasteiger charge is 2.25. The summed E-state index contributed by atoms with van der Waals surface area (Å²) in [6.45, 7) is 15.8. The van der Waals surface area contributed by atoms with Gasteiger partial charge in [0.25, 0.3) is 5.91 Å². The molecule has 0 aromatic heterocycles. The molecule has 0 bridgehead atoms. The van der Waals surface area contributed by atoms with Gasteiger partial charge in [-0.25, -0.2) is 5.84 Å². The van der Waals surface area contributed by atoms with Crippen LogP contribution in [0.1, 0.15) is 75.4 Å². The smallest absolute Gasteiger partial charge is 0.255 e. The first-order chi connectivity index (χ1) is 19.6. The molecule has 2 aromatic rings. The second kappa shape index (κ2) is 15.0. The van der Waals surface area contributed by atoms with E-state index in [9.17, 15) is 4.79 Å². The lowest BCUT2D eigenvalue weighted by Gasteiger charge is -2.32. The predicted molar refractivity (Wildman–Crippen MR) is 180 cm³/mol. The molecule has 10 heteroatoms. The summed E-state index contributed by atoms with van der Waals surface area (Å²) in [6, 6.07) is 9.36. The lowest BCUT2D eigenvalue weighted by molar-refractivity contribution is 0.102. The molecule has 2 aromatic carbocycles. The highest BCUT2D eigenvalue weighted by atomic mass is 32.2. The summed E-state index contributed by atoms with van der Waals surface area (Å²) in [5, 5.41) is 12.2. The van der Waals surface area contributed by atoms with Crippen LogP contribution < -0.4 is 31.4 Å². The van der Waals surface area contributed by atoms with Crippen molar-refractivity contribution < 1.29 is 9.53 Å². The normalized spacial score (nSPS) is 13.2. The van der Waals surface area contributed by atoms with E-state index in [-0.39, 0.29) is 11.3 Å². The van der Waals surface area contributed by atoms with Gasteiger partial charge < -0.3 is 25.4 Å². The van der Waals surface area contributed by atoms with Crippen molar-refractivity contribution >= 4 is 40.8 Å². The van der Waals surface area contributed by atoms with E-state index >= 15 is 0 Å². The lowest BCUT2D eigenvalue weighted by Crippen LogP contribution is -2.34. The molecule has 1 aliphatic carbocycles. The monoisotopic (exact) mass is 595 g/mol. The highest BCUT2D eigenvalue weighted by Crippen LogP contribution is 2.40. The second-order valence-corrected chi connectivity index (χ2v) is 12.3. The zero-order chi connectivity index (χ0) is 31.8. The summed E-state index contributed by atoms with van der Waals surface area (Å²) in [4.78, 5) is 15.0. The summed E-state index contributed by atoms with van der Waals surface area (Å²) in [6.07, 6.45) is 7.22. The number of amidine groups is 1. The van der Waals surface area contributed by atoms with Crippen molar-refractivity contribution in [3.63, 3.8) is 0 Å². The fourth-order valence-corrected chi connectivity index (χ4v) is 4.61. The molecule has 0 radical (unpaired) electrons. The van der Waals surface area contributed by atoms with Gasteiger partial charge in [0, 0.05) is 42.4 Å². The van der Waals surface area contributed by atoms with E-state index in [0.29, 0.717) is 34.3 Å². The SMILES string of the molecule is C=C(C)N(C)C(=N)C1CCC1.COc1c(NSC)cc(C(C)(C)C)cc1NC(=O)c1ccc(C)c(N(N)/C=C(/C)N)c1. The third-order valence-electron chi connectivity index (χ3n) is 7.14. The number of nitrogens with zero attached hydrogens (tertiary/aromatic N) is 2. The van der Waals surface area contributed by atoms with Crippen molar-refractivity contribution in [2.75, 3.05) is 35.5 Å². The molecule has 1 aliphatic rings. The van der Waals surface area contributed by atoms with Gasteiger partial charge in [-0.15, -0.1) is 0 Å². The summed E-state index contributed by atoms with van der Waals surface area (Å²) >= 11 is 1.46. The molecule has 230 valence electrons. The predicted octanol–water partition coefficient (Wildman–Crippen LogP) is 6.97. The number of ether oxygens (including phenoxy) is 1. The lowest BCUT2D eigenvalue weighted by atomic mass is 9.84. The minimum Gasteiger partial charge on any atom is -0.492 e. The number of amides is 1. The minimum atomic E-state index is -0.262. The Morgan fingerprint density at radius 2 is 1.81 bits per heavy atom. The maximum atomic E-state index is 13.1. The van der Waals surface area contributed by atoms with Crippen molar-refractivity contribution in [2.24, 2.45) is 17.5 Å². The molecule has 42 heavy (non-hydrogen) atoms. The molecule has 0 unspecified atom stereocenters. The summed E-state index contributed by atoms with van der Waals surface area (Å²) in [7, 11) is 3.51. The number of hydrogen-bond acceptors (Lipinski definition) is 8. The van der Waals surface area contributed by atoms with E-state index < -0.39 is 0 Å². The van der Waals surface area contributed by atoms with Gasteiger partial charge in [0.1, 0.15) is 5.84 Å². The Morgan fingerprint density at radius 1 is 1.19 bits per heavy atom. The van der Waals surface area contributed by atoms with E-state index in [1.807, 2.05) is 50.2 Å². The van der Waals surface area contributed by atoms with Crippen LogP contribution in [0.4, 0.5) is 17.1 Å². The average Bonchev–Trinajstić information content (AvgIpc) is 2.86. The van der Waals surface area contributed by atoms with Crippen LogP contribution >= 0.6 is 11.9 Å². The highest BCUT2D eigenvalue weighted by molar-refractivity contribution is 7.99. The number of carbonyl (C=O) groups excluding carboxylic acids is 1. The van der Waals surface area contributed by atoms with Crippen molar-refractivity contribution in [1.82, 2.24) is 4.90 Å². The van der Waals surface area contributed by atoms with Gasteiger partial charge in [0.2, 0.25) is 0 Å². The fourth-order valence-electron chi connectivity index (χ4n) is 4.23. The number of allylic oxidation sites excluding steroid dienone is 2. The quantitative estimate of drug-likeness (QED) is 0.0690. The van der Waals surface area contributed by atoms with E-state index in [2.05, 4.69) is 37.4 Å². The molecular formula is C32H49N7O2S. The number of nitrogens with two attached hydrogens (primary N) is 2. The first kappa shape index (κ1) is 34.6. The maximum absolute atomic E-state index is 13.1. The largest absolute Gasteiger partial charge is 0.492 e. The molecule has 0 saturated heterocycles. The number of anilines is 3. The molecule has 1 amide bonds. The summed E-state index contributed by atoms with van der Waals surface area (Å²) < 4.78 is 8.86. The third kappa shape index (κ3) is 9.19. The number of nitrogens with one attached hydrogen (secondary N) is 3. The van der Waals surface area contributed by atoms with Crippen LogP contribution in [-0.4, -0.2) is 37.1 Å². The van der Waals surface area contributed by atoms with Crippen molar-refractivity contribution in [3.8, 4) is 5.75 Å². The van der Waals surface area contributed by atoms with Crippen molar-refractivity contribution in [1.29, 1.82) is 5.41 Å². The van der Waals surface area contributed by atoms with Crippen LogP contribution in [0.5, 0.6) is 5.75 Å². The average molecular weight is 596 g/mol. The van der Waals surface area contributed by atoms with Gasteiger partial charge in [-0.1, -0.05) is 51.8 Å². The van der Waals surface area contributed by atoms with Gasteiger partial charge in [-0.2, -0.15) is 0 Å². The van der Waals surface area contributed by atoms with Crippen LogP contribution in [-0.2, 0) is 5.41 Å². The van der Waals surface area contributed by atoms with Crippen molar-refractivity contribution in [2.45, 2.75) is 66.2 Å². The third-order valence-corrected chi connectivity index (χ3v) is 7.56. The zero-order valence-corrected chi connectivity index (χ0v) is 27.5. The standard InChI is InChI=1S/C23H33N5O2S.C9H16N2/c1-14-8-9-16(10-20(14)28(25)13-15(2)24)22(29)26-18-11-17(23(3,4)5)12-19(27-31-7)21(18)30-6;1-7(2)11(3)9(10)8-5-4-6-8/h8-13,27H,24-25H2,1-7H3,(H,26,29);8,10H,1,4-6H2,2-3H3/b15-13-;. The topological polar surface area (TPSA) is 133 Å². The molecule has 1 fully saturated rings. The van der Waals surface area contributed by atoms with E-state index in [4.69, 9.17) is 21.7 Å². The van der Waals surface area contributed by atoms with E-state index in [1.165, 1.54) is 36.2 Å². The van der Waals surface area contributed by atoms with Gasteiger partial charge in [0.15, 0.2) is 5.75 Å². The van der Waals surface area contributed by atoms with Crippen LogP contribution in [0.25, 0.3) is 0 Å². The first-order valence-electron chi connectivity index (χ1n) is 14.0. The molecular weight excluding hydrogens is 546 g/mol. The van der Waals surface area contributed by atoms with Crippen LogP contribution in [0, 0.1) is 18.3 Å². The van der Waals surface area contributed by atoms with Crippen molar-refractivity contribution in [3.05, 3.63) is 71.2 Å². The molecule has 3 rings (SSSR count). The van der Waals surface area contributed by atoms with Crippen LogP contribution in [0.2, 0.25) is 0 Å². The maximum Gasteiger partial charge on any atom is 0.255 e. The molecule has 0 spiro atoms. The summed E-state index contributed by atoms with van der Waals surface area (Å²) in [5.74, 6) is 7.66. The van der Waals surface area contributed by atoms with Gasteiger partial charge >= 0.3 is 0 Å². The van der Waals surface area contributed by atoms with E-state index in [1.54, 1.807) is 32.4 Å². The molecule has 0 aliphatic heterocycles. The van der Waals surface area contributed by atoms with Gasteiger partial charge in [-0.3, -0.25) is 15.2 Å². The fraction of sp³-hybridized carbons (Fsp3) is 0.438. The number of rotatable bonds is 9.